The molecule has 0 saturated carbocycles. The van der Waals surface area contributed by atoms with E-state index >= 15 is 0 Å². The van der Waals surface area contributed by atoms with Gasteiger partial charge in [-0.2, -0.15) is 5.10 Å². The number of anilines is 1. The van der Waals surface area contributed by atoms with E-state index in [1.807, 2.05) is 19.1 Å². The van der Waals surface area contributed by atoms with Crippen molar-refractivity contribution in [3.05, 3.63) is 17.8 Å². The molecule has 1 atom stereocenters. The molecule has 0 aromatic carbocycles. The zero-order chi connectivity index (χ0) is 16.1. The van der Waals surface area contributed by atoms with Crippen LogP contribution in [0.2, 0.25) is 0 Å². The lowest BCUT2D eigenvalue weighted by atomic mass is 10.0. The Morgan fingerprint density at radius 1 is 1.27 bits per heavy atom. The molecule has 0 radical (unpaired) electrons. The SMILES string of the molecule is CC(=O)N[C@@H](C)C(=O)N1CCC(Nc2ccc(C)nn2)CC1. The van der Waals surface area contributed by atoms with Gasteiger partial charge in [-0.15, -0.1) is 5.10 Å². The molecule has 1 fully saturated rings. The van der Waals surface area contributed by atoms with Gasteiger partial charge in [-0.3, -0.25) is 9.59 Å². The van der Waals surface area contributed by atoms with Gasteiger partial charge in [0, 0.05) is 26.1 Å². The lowest BCUT2D eigenvalue weighted by Crippen LogP contribution is -2.50. The Kier molecular flexibility index (Phi) is 5.30. The largest absolute Gasteiger partial charge is 0.366 e. The third-order valence-electron chi connectivity index (χ3n) is 3.75. The average Bonchev–Trinajstić information content (AvgIpc) is 2.49. The molecule has 2 heterocycles. The molecule has 120 valence electrons. The first-order valence-corrected chi connectivity index (χ1v) is 7.58. The highest BCUT2D eigenvalue weighted by Gasteiger charge is 2.26. The Morgan fingerprint density at radius 3 is 2.50 bits per heavy atom. The number of aryl methyl sites for hydroxylation is 1. The van der Waals surface area contributed by atoms with Crippen LogP contribution < -0.4 is 10.6 Å². The third-order valence-corrected chi connectivity index (χ3v) is 3.75. The van der Waals surface area contributed by atoms with Gasteiger partial charge in [0.15, 0.2) is 0 Å². The quantitative estimate of drug-likeness (QED) is 0.855. The molecular formula is C15H23N5O2. The maximum Gasteiger partial charge on any atom is 0.244 e. The van der Waals surface area contributed by atoms with Crippen LogP contribution in [0.3, 0.4) is 0 Å². The molecule has 1 aromatic rings. The summed E-state index contributed by atoms with van der Waals surface area (Å²) in [4.78, 5) is 25.0. The lowest BCUT2D eigenvalue weighted by Gasteiger charge is -2.34. The molecule has 22 heavy (non-hydrogen) atoms. The van der Waals surface area contributed by atoms with Crippen LogP contribution in [0.1, 0.15) is 32.4 Å². The molecule has 7 nitrogen and oxygen atoms in total. The molecule has 0 aliphatic carbocycles. The van der Waals surface area contributed by atoms with Gasteiger partial charge in [0.05, 0.1) is 5.69 Å². The van der Waals surface area contributed by atoms with Crippen LogP contribution in [0.15, 0.2) is 12.1 Å². The van der Waals surface area contributed by atoms with Crippen molar-refractivity contribution in [2.45, 2.75) is 45.7 Å². The molecule has 1 saturated heterocycles. The Morgan fingerprint density at radius 2 is 1.95 bits per heavy atom. The number of nitrogens with zero attached hydrogens (tertiary/aromatic N) is 3. The van der Waals surface area contributed by atoms with Gasteiger partial charge in [0.2, 0.25) is 11.8 Å². The standard InChI is InChI=1S/C15H23N5O2/c1-10-4-5-14(19-18-10)17-13-6-8-20(9-7-13)15(22)11(2)16-12(3)21/h4-5,11,13H,6-9H2,1-3H3,(H,16,21)(H,17,19)/t11-/m0/s1. The minimum absolute atomic E-state index is 0.0243. The van der Waals surface area contributed by atoms with E-state index in [0.29, 0.717) is 13.1 Å². The smallest absolute Gasteiger partial charge is 0.244 e. The summed E-state index contributed by atoms with van der Waals surface area (Å²) in [6.07, 6.45) is 1.71. The van der Waals surface area contributed by atoms with E-state index in [9.17, 15) is 9.59 Å². The van der Waals surface area contributed by atoms with Gasteiger partial charge < -0.3 is 15.5 Å². The van der Waals surface area contributed by atoms with Crippen LogP contribution in [0.25, 0.3) is 0 Å². The van der Waals surface area contributed by atoms with Crippen LogP contribution in [0.5, 0.6) is 0 Å². The topological polar surface area (TPSA) is 87.2 Å². The molecule has 1 aliphatic rings. The molecule has 0 spiro atoms. The number of hydrogen-bond donors (Lipinski definition) is 2. The Balaban J connectivity index is 1.81. The Labute approximate surface area is 130 Å². The third kappa shape index (κ3) is 4.41. The van der Waals surface area contributed by atoms with Crippen molar-refractivity contribution in [2.24, 2.45) is 0 Å². The number of nitrogens with one attached hydrogen (secondary N) is 2. The fourth-order valence-electron chi connectivity index (χ4n) is 2.57. The van der Waals surface area contributed by atoms with Crippen molar-refractivity contribution in [3.8, 4) is 0 Å². The van der Waals surface area contributed by atoms with Crippen LogP contribution in [-0.4, -0.2) is 52.1 Å². The predicted octanol–water partition coefficient (Wildman–Crippen LogP) is 0.713. The molecule has 0 bridgehead atoms. The normalized spacial score (nSPS) is 17.0. The van der Waals surface area contributed by atoms with Gasteiger partial charge in [0.1, 0.15) is 11.9 Å². The van der Waals surface area contributed by atoms with Crippen LogP contribution in [0.4, 0.5) is 5.82 Å². The summed E-state index contributed by atoms with van der Waals surface area (Å²) in [5.41, 5.74) is 0.887. The molecule has 2 rings (SSSR count). The molecule has 0 unspecified atom stereocenters. The summed E-state index contributed by atoms with van der Waals surface area (Å²) in [6.45, 7) is 6.40. The average molecular weight is 305 g/mol. The lowest BCUT2D eigenvalue weighted by molar-refractivity contribution is -0.136. The van der Waals surface area contributed by atoms with E-state index in [4.69, 9.17) is 0 Å². The van der Waals surface area contributed by atoms with Gasteiger partial charge in [0.25, 0.3) is 0 Å². The highest BCUT2D eigenvalue weighted by Crippen LogP contribution is 2.15. The van der Waals surface area contributed by atoms with Crippen molar-refractivity contribution >= 4 is 17.6 Å². The van der Waals surface area contributed by atoms with Crippen molar-refractivity contribution in [3.63, 3.8) is 0 Å². The van der Waals surface area contributed by atoms with Crippen LogP contribution >= 0.6 is 0 Å². The van der Waals surface area contributed by atoms with Gasteiger partial charge >= 0.3 is 0 Å². The fourth-order valence-corrected chi connectivity index (χ4v) is 2.57. The number of amides is 2. The summed E-state index contributed by atoms with van der Waals surface area (Å²) in [5, 5.41) is 14.1. The number of aromatic nitrogens is 2. The molecule has 7 heteroatoms. The number of likely N-dealkylation sites (tertiary alicyclic amines) is 1. The predicted molar refractivity (Wildman–Crippen MR) is 83.3 cm³/mol. The van der Waals surface area contributed by atoms with E-state index in [1.54, 1.807) is 11.8 Å². The minimum Gasteiger partial charge on any atom is -0.366 e. The van der Waals surface area contributed by atoms with E-state index in [2.05, 4.69) is 20.8 Å². The summed E-state index contributed by atoms with van der Waals surface area (Å²) in [6, 6.07) is 3.66. The van der Waals surface area contributed by atoms with Gasteiger partial charge in [-0.05, 0) is 38.8 Å². The summed E-state index contributed by atoms with van der Waals surface area (Å²) >= 11 is 0. The zero-order valence-electron chi connectivity index (χ0n) is 13.3. The Bertz CT molecular complexity index is 523. The Hall–Kier alpha value is -2.18. The monoisotopic (exact) mass is 305 g/mol. The number of carbonyl (C=O) groups is 2. The first-order chi connectivity index (χ1) is 10.5. The second-order valence-electron chi connectivity index (χ2n) is 5.73. The minimum atomic E-state index is -0.468. The first kappa shape index (κ1) is 16.2. The second-order valence-corrected chi connectivity index (χ2v) is 5.73. The van der Waals surface area contributed by atoms with E-state index in [0.717, 1.165) is 24.4 Å². The molecule has 1 aromatic heterocycles. The van der Waals surface area contributed by atoms with Crippen molar-refractivity contribution < 1.29 is 9.59 Å². The molecule has 1 aliphatic heterocycles. The highest BCUT2D eigenvalue weighted by molar-refractivity contribution is 5.86. The highest BCUT2D eigenvalue weighted by atomic mass is 16.2. The number of carbonyl (C=O) groups excluding carboxylic acids is 2. The van der Waals surface area contributed by atoms with E-state index in [-0.39, 0.29) is 17.9 Å². The maximum atomic E-state index is 12.2. The van der Waals surface area contributed by atoms with Crippen molar-refractivity contribution in [1.82, 2.24) is 20.4 Å². The van der Waals surface area contributed by atoms with Crippen LogP contribution in [0, 0.1) is 6.92 Å². The number of piperidine rings is 1. The summed E-state index contributed by atoms with van der Waals surface area (Å²) in [7, 11) is 0. The zero-order valence-corrected chi connectivity index (χ0v) is 13.3. The summed E-state index contributed by atoms with van der Waals surface area (Å²) in [5.74, 6) is 0.557. The summed E-state index contributed by atoms with van der Waals surface area (Å²) < 4.78 is 0. The van der Waals surface area contributed by atoms with Gasteiger partial charge in [-0.1, -0.05) is 0 Å². The van der Waals surface area contributed by atoms with E-state index in [1.165, 1.54) is 6.92 Å². The molecule has 2 N–H and O–H groups in total. The number of rotatable bonds is 4. The van der Waals surface area contributed by atoms with Gasteiger partial charge in [-0.25, -0.2) is 0 Å². The molecular weight excluding hydrogens is 282 g/mol. The van der Waals surface area contributed by atoms with Crippen LogP contribution in [-0.2, 0) is 9.59 Å². The molecule has 2 amide bonds. The fraction of sp³-hybridized carbons (Fsp3) is 0.600. The number of hydrogen-bond acceptors (Lipinski definition) is 5. The van der Waals surface area contributed by atoms with Crippen molar-refractivity contribution in [1.29, 1.82) is 0 Å². The first-order valence-electron chi connectivity index (χ1n) is 7.58. The maximum absolute atomic E-state index is 12.2. The van der Waals surface area contributed by atoms with Crippen molar-refractivity contribution in [2.75, 3.05) is 18.4 Å². The van der Waals surface area contributed by atoms with E-state index < -0.39 is 6.04 Å². The second kappa shape index (κ2) is 7.20.